The first-order chi connectivity index (χ1) is 10.1. The van der Waals surface area contributed by atoms with E-state index in [1.54, 1.807) is 0 Å². The molecular formula is C18H29NO2. The Morgan fingerprint density at radius 1 is 1.24 bits per heavy atom. The van der Waals surface area contributed by atoms with Crippen LogP contribution in [0.5, 0.6) is 5.75 Å². The first-order valence-corrected chi connectivity index (χ1v) is 8.19. The van der Waals surface area contributed by atoms with Gasteiger partial charge in [-0.1, -0.05) is 25.0 Å². The first-order valence-electron chi connectivity index (χ1n) is 8.19. The smallest absolute Gasteiger partial charge is 0.120 e. The van der Waals surface area contributed by atoms with Gasteiger partial charge in [-0.2, -0.15) is 0 Å². The molecule has 0 aromatic heterocycles. The van der Waals surface area contributed by atoms with Crippen LogP contribution in [0.3, 0.4) is 0 Å². The fraction of sp³-hybridized carbons (Fsp3) is 0.667. The van der Waals surface area contributed by atoms with E-state index in [0.29, 0.717) is 0 Å². The van der Waals surface area contributed by atoms with Crippen LogP contribution >= 0.6 is 0 Å². The summed E-state index contributed by atoms with van der Waals surface area (Å²) in [6.07, 6.45) is 4.95. The number of likely N-dealkylation sites (N-methyl/N-ethyl adjacent to an activating group) is 1. The van der Waals surface area contributed by atoms with E-state index in [1.165, 1.54) is 18.4 Å². The van der Waals surface area contributed by atoms with E-state index < -0.39 is 0 Å². The lowest BCUT2D eigenvalue weighted by atomic mass is 9.86. The molecule has 1 aromatic carbocycles. The molecule has 1 atom stereocenters. The molecule has 0 saturated heterocycles. The fourth-order valence-electron chi connectivity index (χ4n) is 3.55. The number of ether oxygens (including phenoxy) is 2. The van der Waals surface area contributed by atoms with Crippen molar-refractivity contribution in [2.24, 2.45) is 0 Å². The second-order valence-corrected chi connectivity index (χ2v) is 6.17. The third-order valence-electron chi connectivity index (χ3n) is 4.26. The van der Waals surface area contributed by atoms with Crippen LogP contribution in [0.4, 0.5) is 0 Å². The lowest BCUT2D eigenvalue weighted by Gasteiger charge is -2.37. The van der Waals surface area contributed by atoms with Gasteiger partial charge in [-0.25, -0.2) is 0 Å². The maximum absolute atomic E-state index is 6.22. The van der Waals surface area contributed by atoms with E-state index in [0.717, 1.165) is 25.2 Å². The lowest BCUT2D eigenvalue weighted by Crippen LogP contribution is -2.43. The molecule has 0 radical (unpaired) electrons. The molecule has 1 unspecified atom stereocenters. The molecule has 21 heavy (non-hydrogen) atoms. The molecule has 0 heterocycles. The van der Waals surface area contributed by atoms with Crippen LogP contribution in [0.2, 0.25) is 0 Å². The molecule has 3 nitrogen and oxygen atoms in total. The van der Waals surface area contributed by atoms with Crippen molar-refractivity contribution >= 4 is 0 Å². The molecule has 0 aliphatic heterocycles. The summed E-state index contributed by atoms with van der Waals surface area (Å²) in [6.45, 7) is 6.97. The summed E-state index contributed by atoms with van der Waals surface area (Å²) >= 11 is 0. The van der Waals surface area contributed by atoms with Gasteiger partial charge in [0.1, 0.15) is 5.75 Å². The highest BCUT2D eigenvalue weighted by atomic mass is 16.5. The summed E-state index contributed by atoms with van der Waals surface area (Å²) in [7, 11) is 2.03. The molecule has 1 aliphatic rings. The van der Waals surface area contributed by atoms with Crippen LogP contribution in [0, 0.1) is 0 Å². The second-order valence-electron chi connectivity index (χ2n) is 6.17. The maximum Gasteiger partial charge on any atom is 0.120 e. The third-order valence-corrected chi connectivity index (χ3v) is 4.26. The van der Waals surface area contributed by atoms with Crippen LogP contribution in [0.15, 0.2) is 24.3 Å². The summed E-state index contributed by atoms with van der Waals surface area (Å²) in [5.74, 6) is 0.937. The minimum atomic E-state index is -0.0695. The summed E-state index contributed by atoms with van der Waals surface area (Å²) in [5, 5.41) is 3.49. The van der Waals surface area contributed by atoms with E-state index in [-0.39, 0.29) is 17.7 Å². The first kappa shape index (κ1) is 16.3. The Hall–Kier alpha value is -1.06. The molecule has 3 heteroatoms. The standard InChI is InChI=1S/C18H29NO2/c1-5-20-18(11-6-7-12-18)17(19-4)15-9-8-10-16(13-15)21-14(2)3/h8-10,13-14,17,19H,5-7,11-12H2,1-4H3. The van der Waals surface area contributed by atoms with Crippen molar-refractivity contribution < 1.29 is 9.47 Å². The SMILES string of the molecule is CCOC1(C(NC)c2cccc(OC(C)C)c2)CCCC1. The summed E-state index contributed by atoms with van der Waals surface area (Å²) in [5.41, 5.74) is 1.19. The Balaban J connectivity index is 2.27. The number of benzene rings is 1. The van der Waals surface area contributed by atoms with Gasteiger partial charge in [-0.3, -0.25) is 0 Å². The molecule has 1 N–H and O–H groups in total. The van der Waals surface area contributed by atoms with Crippen molar-refractivity contribution in [1.82, 2.24) is 5.32 Å². The predicted molar refractivity (Wildman–Crippen MR) is 86.8 cm³/mol. The van der Waals surface area contributed by atoms with E-state index in [1.807, 2.05) is 13.1 Å². The van der Waals surface area contributed by atoms with Crippen molar-refractivity contribution in [1.29, 1.82) is 0 Å². The van der Waals surface area contributed by atoms with Gasteiger partial charge in [0.2, 0.25) is 0 Å². The van der Waals surface area contributed by atoms with Crippen LogP contribution in [0.1, 0.15) is 58.1 Å². The molecule has 1 aliphatic carbocycles. The lowest BCUT2D eigenvalue weighted by molar-refractivity contribution is -0.0610. The Kier molecular flexibility index (Phi) is 5.65. The van der Waals surface area contributed by atoms with Crippen LogP contribution in [0.25, 0.3) is 0 Å². The summed E-state index contributed by atoms with van der Waals surface area (Å²) < 4.78 is 12.1. The molecule has 1 aromatic rings. The fourth-order valence-corrected chi connectivity index (χ4v) is 3.55. The molecule has 1 saturated carbocycles. The van der Waals surface area contributed by atoms with Gasteiger partial charge >= 0.3 is 0 Å². The number of nitrogens with one attached hydrogen (secondary N) is 1. The third kappa shape index (κ3) is 3.78. The second kappa shape index (κ2) is 7.28. The van der Waals surface area contributed by atoms with Crippen molar-refractivity contribution in [3.8, 4) is 5.75 Å². The van der Waals surface area contributed by atoms with Crippen LogP contribution in [-0.4, -0.2) is 25.4 Å². The highest BCUT2D eigenvalue weighted by molar-refractivity contribution is 5.32. The van der Waals surface area contributed by atoms with Crippen LogP contribution in [-0.2, 0) is 4.74 Å². The Morgan fingerprint density at radius 2 is 1.95 bits per heavy atom. The van der Waals surface area contributed by atoms with Gasteiger partial charge in [-0.15, -0.1) is 0 Å². The van der Waals surface area contributed by atoms with E-state index in [4.69, 9.17) is 9.47 Å². The van der Waals surface area contributed by atoms with Crippen molar-refractivity contribution in [3.05, 3.63) is 29.8 Å². The average molecular weight is 291 g/mol. The van der Waals surface area contributed by atoms with Gasteiger partial charge in [0.15, 0.2) is 0 Å². The van der Waals surface area contributed by atoms with E-state index in [9.17, 15) is 0 Å². The minimum absolute atomic E-state index is 0.0695. The van der Waals surface area contributed by atoms with Gasteiger partial charge in [0.05, 0.1) is 17.7 Å². The molecule has 2 rings (SSSR count). The van der Waals surface area contributed by atoms with Gasteiger partial charge in [-0.05, 0) is 58.4 Å². The van der Waals surface area contributed by atoms with E-state index >= 15 is 0 Å². The molecule has 0 bridgehead atoms. The Morgan fingerprint density at radius 3 is 2.52 bits per heavy atom. The molecule has 0 amide bonds. The zero-order valence-electron chi connectivity index (χ0n) is 13.8. The van der Waals surface area contributed by atoms with Gasteiger partial charge in [0.25, 0.3) is 0 Å². The summed E-state index contributed by atoms with van der Waals surface area (Å²) in [4.78, 5) is 0. The monoisotopic (exact) mass is 291 g/mol. The largest absolute Gasteiger partial charge is 0.491 e. The number of hydrogen-bond acceptors (Lipinski definition) is 3. The van der Waals surface area contributed by atoms with Crippen molar-refractivity contribution in [2.45, 2.75) is 64.2 Å². The Bertz CT molecular complexity index is 439. The van der Waals surface area contributed by atoms with Crippen LogP contribution < -0.4 is 10.1 Å². The topological polar surface area (TPSA) is 30.5 Å². The van der Waals surface area contributed by atoms with Crippen molar-refractivity contribution in [2.75, 3.05) is 13.7 Å². The predicted octanol–water partition coefficient (Wildman–Crippen LogP) is 4.08. The van der Waals surface area contributed by atoms with Crippen molar-refractivity contribution in [3.63, 3.8) is 0 Å². The highest BCUT2D eigenvalue weighted by Crippen LogP contribution is 2.43. The quantitative estimate of drug-likeness (QED) is 0.821. The number of hydrogen-bond donors (Lipinski definition) is 1. The Labute approximate surface area is 129 Å². The zero-order valence-corrected chi connectivity index (χ0v) is 13.8. The zero-order chi connectivity index (χ0) is 15.3. The maximum atomic E-state index is 6.22. The van der Waals surface area contributed by atoms with Gasteiger partial charge in [0, 0.05) is 6.61 Å². The molecular weight excluding hydrogens is 262 g/mol. The van der Waals surface area contributed by atoms with Gasteiger partial charge < -0.3 is 14.8 Å². The highest BCUT2D eigenvalue weighted by Gasteiger charge is 2.42. The average Bonchev–Trinajstić information content (AvgIpc) is 2.89. The van der Waals surface area contributed by atoms with E-state index in [2.05, 4.69) is 44.3 Å². The number of rotatable bonds is 7. The molecule has 118 valence electrons. The molecule has 0 spiro atoms. The normalized spacial score (nSPS) is 18.9. The molecule has 1 fully saturated rings. The summed E-state index contributed by atoms with van der Waals surface area (Å²) in [6, 6.07) is 8.65. The minimum Gasteiger partial charge on any atom is -0.491 e.